The number of nitrogens with zero attached hydrogens (tertiary/aromatic N) is 2. The molecule has 0 bridgehead atoms. The predicted molar refractivity (Wildman–Crippen MR) is 84.0 cm³/mol. The van der Waals surface area contributed by atoms with Crippen molar-refractivity contribution in [3.05, 3.63) is 29.8 Å². The molecule has 3 rings (SSSR count). The quantitative estimate of drug-likeness (QED) is 0.840. The van der Waals surface area contributed by atoms with Crippen LogP contribution in [0.3, 0.4) is 0 Å². The Bertz CT molecular complexity index is 580. The van der Waals surface area contributed by atoms with Crippen molar-refractivity contribution in [2.75, 3.05) is 31.2 Å². The summed E-state index contributed by atoms with van der Waals surface area (Å²) < 4.78 is 5.46. The first-order chi connectivity index (χ1) is 10.5. The van der Waals surface area contributed by atoms with Gasteiger partial charge in [0, 0.05) is 30.8 Å². The molecule has 2 aliphatic heterocycles. The minimum Gasteiger partial charge on any atom is -0.377 e. The monoisotopic (exact) mass is 302 g/mol. The molecule has 5 nitrogen and oxygen atoms in total. The Morgan fingerprint density at radius 1 is 1.18 bits per heavy atom. The molecule has 0 atom stereocenters. The standard InChI is InChI=1S/C17H22N2O3/c1-17(2)12-22-11-10-19(17)16(21)13-5-7-14(8-6-13)18-9-3-4-15(18)20/h5-8H,3-4,9-12H2,1-2H3. The molecule has 2 aliphatic rings. The molecule has 0 N–H and O–H groups in total. The van der Waals surface area contributed by atoms with E-state index < -0.39 is 0 Å². The van der Waals surface area contributed by atoms with Gasteiger partial charge in [-0.25, -0.2) is 0 Å². The molecular weight excluding hydrogens is 280 g/mol. The molecule has 2 heterocycles. The number of amides is 2. The number of hydrogen-bond donors (Lipinski definition) is 0. The molecule has 0 saturated carbocycles. The molecule has 0 spiro atoms. The van der Waals surface area contributed by atoms with E-state index >= 15 is 0 Å². The first-order valence-corrected chi connectivity index (χ1v) is 7.79. The van der Waals surface area contributed by atoms with Crippen molar-refractivity contribution in [1.82, 2.24) is 4.90 Å². The van der Waals surface area contributed by atoms with Crippen molar-refractivity contribution in [3.63, 3.8) is 0 Å². The fourth-order valence-corrected chi connectivity index (χ4v) is 3.10. The Hall–Kier alpha value is -1.88. The van der Waals surface area contributed by atoms with E-state index in [1.807, 2.05) is 43.0 Å². The predicted octanol–water partition coefficient (Wildman–Crippen LogP) is 2.06. The van der Waals surface area contributed by atoms with Crippen LogP contribution in [0.15, 0.2) is 24.3 Å². The summed E-state index contributed by atoms with van der Waals surface area (Å²) in [5, 5.41) is 0. The summed E-state index contributed by atoms with van der Waals surface area (Å²) in [4.78, 5) is 28.1. The largest absolute Gasteiger partial charge is 0.377 e. The number of ether oxygens (including phenoxy) is 1. The lowest BCUT2D eigenvalue weighted by Gasteiger charge is -2.42. The number of carbonyl (C=O) groups excluding carboxylic acids is 2. The normalized spacial score (nSPS) is 21.3. The first-order valence-electron chi connectivity index (χ1n) is 7.79. The van der Waals surface area contributed by atoms with Crippen LogP contribution in [0.5, 0.6) is 0 Å². The van der Waals surface area contributed by atoms with Gasteiger partial charge in [0.25, 0.3) is 5.91 Å². The zero-order valence-electron chi connectivity index (χ0n) is 13.2. The number of rotatable bonds is 2. The van der Waals surface area contributed by atoms with E-state index in [1.165, 1.54) is 0 Å². The zero-order chi connectivity index (χ0) is 15.7. The molecule has 0 radical (unpaired) electrons. The van der Waals surface area contributed by atoms with Crippen LogP contribution in [0.1, 0.15) is 37.0 Å². The molecule has 1 aromatic carbocycles. The molecule has 2 fully saturated rings. The highest BCUT2D eigenvalue weighted by Gasteiger charge is 2.34. The Kier molecular flexibility index (Phi) is 3.91. The van der Waals surface area contributed by atoms with Crippen LogP contribution in [-0.2, 0) is 9.53 Å². The molecule has 2 saturated heterocycles. The lowest BCUT2D eigenvalue weighted by Crippen LogP contribution is -2.55. The van der Waals surface area contributed by atoms with Crippen molar-refractivity contribution in [2.45, 2.75) is 32.2 Å². The summed E-state index contributed by atoms with van der Waals surface area (Å²) in [5.74, 6) is 0.181. The Balaban J connectivity index is 1.77. The van der Waals surface area contributed by atoms with Crippen molar-refractivity contribution in [1.29, 1.82) is 0 Å². The summed E-state index contributed by atoms with van der Waals surface area (Å²) in [5.41, 5.74) is 1.24. The van der Waals surface area contributed by atoms with E-state index in [-0.39, 0.29) is 17.4 Å². The maximum atomic E-state index is 12.7. The third-order valence-electron chi connectivity index (χ3n) is 4.39. The van der Waals surface area contributed by atoms with Crippen LogP contribution in [0.25, 0.3) is 0 Å². The number of benzene rings is 1. The van der Waals surface area contributed by atoms with Crippen LogP contribution < -0.4 is 4.90 Å². The Labute approximate surface area is 130 Å². The molecule has 1 aromatic rings. The second-order valence-electron chi connectivity index (χ2n) is 6.52. The number of anilines is 1. The topological polar surface area (TPSA) is 49.9 Å². The van der Waals surface area contributed by atoms with Gasteiger partial charge in [-0.1, -0.05) is 0 Å². The molecule has 118 valence electrons. The van der Waals surface area contributed by atoms with E-state index in [9.17, 15) is 9.59 Å². The lowest BCUT2D eigenvalue weighted by molar-refractivity contribution is -0.117. The highest BCUT2D eigenvalue weighted by atomic mass is 16.5. The third-order valence-corrected chi connectivity index (χ3v) is 4.39. The number of hydrogen-bond acceptors (Lipinski definition) is 3. The second-order valence-corrected chi connectivity index (χ2v) is 6.52. The zero-order valence-corrected chi connectivity index (χ0v) is 13.2. The van der Waals surface area contributed by atoms with Crippen LogP contribution in [0.2, 0.25) is 0 Å². The average Bonchev–Trinajstić information content (AvgIpc) is 2.92. The fraction of sp³-hybridized carbons (Fsp3) is 0.529. The van der Waals surface area contributed by atoms with Crippen molar-refractivity contribution >= 4 is 17.5 Å². The maximum Gasteiger partial charge on any atom is 0.254 e. The van der Waals surface area contributed by atoms with Gasteiger partial charge in [0.05, 0.1) is 18.8 Å². The van der Waals surface area contributed by atoms with E-state index in [4.69, 9.17) is 4.74 Å². The van der Waals surface area contributed by atoms with E-state index in [0.29, 0.717) is 31.7 Å². The van der Waals surface area contributed by atoms with Gasteiger partial charge in [-0.05, 0) is 44.5 Å². The van der Waals surface area contributed by atoms with E-state index in [0.717, 1.165) is 18.7 Å². The van der Waals surface area contributed by atoms with Gasteiger partial charge in [0.1, 0.15) is 0 Å². The molecule has 5 heteroatoms. The molecule has 2 amide bonds. The summed E-state index contributed by atoms with van der Waals surface area (Å²) in [6.07, 6.45) is 1.52. The van der Waals surface area contributed by atoms with E-state index in [1.54, 1.807) is 4.90 Å². The highest BCUT2D eigenvalue weighted by molar-refractivity contribution is 5.97. The van der Waals surface area contributed by atoms with Crippen LogP contribution >= 0.6 is 0 Å². The van der Waals surface area contributed by atoms with Gasteiger partial charge < -0.3 is 14.5 Å². The average molecular weight is 302 g/mol. The third kappa shape index (κ3) is 2.73. The van der Waals surface area contributed by atoms with Gasteiger partial charge in [-0.2, -0.15) is 0 Å². The minimum absolute atomic E-state index is 0.0209. The van der Waals surface area contributed by atoms with Gasteiger partial charge in [-0.15, -0.1) is 0 Å². The van der Waals surface area contributed by atoms with Crippen LogP contribution in [0, 0.1) is 0 Å². The number of carbonyl (C=O) groups is 2. The van der Waals surface area contributed by atoms with Crippen LogP contribution in [-0.4, -0.2) is 48.6 Å². The van der Waals surface area contributed by atoms with E-state index in [2.05, 4.69) is 0 Å². The lowest BCUT2D eigenvalue weighted by atomic mass is 10.0. The summed E-state index contributed by atoms with van der Waals surface area (Å²) in [7, 11) is 0. The summed E-state index contributed by atoms with van der Waals surface area (Å²) in [6.45, 7) is 6.54. The molecular formula is C17H22N2O3. The Morgan fingerprint density at radius 2 is 1.91 bits per heavy atom. The summed E-state index contributed by atoms with van der Waals surface area (Å²) in [6, 6.07) is 7.36. The van der Waals surface area contributed by atoms with Crippen molar-refractivity contribution < 1.29 is 14.3 Å². The highest BCUT2D eigenvalue weighted by Crippen LogP contribution is 2.25. The Morgan fingerprint density at radius 3 is 2.50 bits per heavy atom. The SMILES string of the molecule is CC1(C)COCCN1C(=O)c1ccc(N2CCCC2=O)cc1. The first kappa shape index (κ1) is 15.0. The summed E-state index contributed by atoms with van der Waals surface area (Å²) >= 11 is 0. The minimum atomic E-state index is -0.293. The molecule has 0 unspecified atom stereocenters. The molecule has 0 aliphatic carbocycles. The van der Waals surface area contributed by atoms with Crippen LogP contribution in [0.4, 0.5) is 5.69 Å². The molecule has 22 heavy (non-hydrogen) atoms. The number of morpholine rings is 1. The van der Waals surface area contributed by atoms with Gasteiger partial charge in [0.15, 0.2) is 0 Å². The van der Waals surface area contributed by atoms with Crippen molar-refractivity contribution in [3.8, 4) is 0 Å². The second kappa shape index (κ2) is 5.72. The van der Waals surface area contributed by atoms with Gasteiger partial charge in [-0.3, -0.25) is 9.59 Å². The van der Waals surface area contributed by atoms with Gasteiger partial charge >= 0.3 is 0 Å². The van der Waals surface area contributed by atoms with Gasteiger partial charge in [0.2, 0.25) is 5.91 Å². The molecule has 0 aromatic heterocycles. The fourth-order valence-electron chi connectivity index (χ4n) is 3.10. The maximum absolute atomic E-state index is 12.7. The van der Waals surface area contributed by atoms with Crippen molar-refractivity contribution in [2.24, 2.45) is 0 Å². The smallest absolute Gasteiger partial charge is 0.254 e.